The maximum atomic E-state index is 12.9. The van der Waals surface area contributed by atoms with Gasteiger partial charge in [0.1, 0.15) is 12.4 Å². The van der Waals surface area contributed by atoms with Gasteiger partial charge in [0, 0.05) is 10.6 Å². The molecule has 0 bridgehead atoms. The molecule has 142 valence electrons. The first kappa shape index (κ1) is 17.9. The zero-order valence-corrected chi connectivity index (χ0v) is 16.8. The van der Waals surface area contributed by atoms with Crippen LogP contribution in [0.15, 0.2) is 77.6 Å². The van der Waals surface area contributed by atoms with Crippen molar-refractivity contribution >= 4 is 45.0 Å². The molecular formula is C23H15ClN2O2S. The fourth-order valence-electron chi connectivity index (χ4n) is 3.23. The predicted octanol–water partition coefficient (Wildman–Crippen LogP) is 4.69. The Bertz CT molecular complexity index is 1460. The lowest BCUT2D eigenvalue weighted by Gasteiger charge is -2.08. The molecule has 0 fully saturated rings. The highest BCUT2D eigenvalue weighted by Gasteiger charge is 2.10. The molecule has 2 heterocycles. The van der Waals surface area contributed by atoms with Crippen LogP contribution >= 0.6 is 22.9 Å². The molecule has 0 unspecified atom stereocenters. The number of benzene rings is 3. The Kier molecular flexibility index (Phi) is 4.54. The molecule has 0 N–H and O–H groups in total. The molecule has 5 rings (SSSR count). The number of para-hydroxylation sites is 2. The third-order valence-electron chi connectivity index (χ3n) is 4.65. The Morgan fingerprint density at radius 2 is 1.86 bits per heavy atom. The lowest BCUT2D eigenvalue weighted by molar-refractivity contribution is 0.306. The van der Waals surface area contributed by atoms with Gasteiger partial charge in [-0.2, -0.15) is 0 Å². The van der Waals surface area contributed by atoms with Crippen LogP contribution in [0, 0.1) is 0 Å². The molecule has 0 radical (unpaired) electrons. The second kappa shape index (κ2) is 7.35. The topological polar surface area (TPSA) is 43.6 Å². The van der Waals surface area contributed by atoms with E-state index in [9.17, 15) is 4.79 Å². The van der Waals surface area contributed by atoms with Gasteiger partial charge < -0.3 is 4.74 Å². The molecule has 0 aliphatic heterocycles. The normalized spacial score (nSPS) is 12.1. The van der Waals surface area contributed by atoms with Gasteiger partial charge in [-0.1, -0.05) is 65.4 Å². The second-order valence-corrected chi connectivity index (χ2v) is 8.00. The van der Waals surface area contributed by atoms with Gasteiger partial charge in [0.25, 0.3) is 5.56 Å². The summed E-state index contributed by atoms with van der Waals surface area (Å²) in [6.07, 6.45) is 1.87. The monoisotopic (exact) mass is 418 g/mol. The van der Waals surface area contributed by atoms with Crippen LogP contribution in [0.2, 0.25) is 5.02 Å². The summed E-state index contributed by atoms with van der Waals surface area (Å²) < 4.78 is 8.20. The van der Waals surface area contributed by atoms with Gasteiger partial charge in [0.05, 0.1) is 15.6 Å². The second-order valence-electron chi connectivity index (χ2n) is 6.59. The highest BCUT2D eigenvalue weighted by atomic mass is 35.5. The van der Waals surface area contributed by atoms with Crippen LogP contribution in [-0.2, 0) is 6.61 Å². The van der Waals surface area contributed by atoms with Crippen molar-refractivity contribution in [3.8, 4) is 5.75 Å². The van der Waals surface area contributed by atoms with Crippen molar-refractivity contribution in [3.05, 3.63) is 104 Å². The summed E-state index contributed by atoms with van der Waals surface area (Å²) >= 11 is 7.58. The number of hydrogen-bond acceptors (Lipinski definition) is 4. The Morgan fingerprint density at radius 3 is 2.76 bits per heavy atom. The van der Waals surface area contributed by atoms with Gasteiger partial charge in [-0.05, 0) is 42.0 Å². The average molecular weight is 419 g/mol. The van der Waals surface area contributed by atoms with E-state index in [0.29, 0.717) is 21.1 Å². The van der Waals surface area contributed by atoms with Gasteiger partial charge in [0.15, 0.2) is 4.96 Å². The van der Waals surface area contributed by atoms with E-state index in [-0.39, 0.29) is 5.56 Å². The number of rotatable bonds is 4. The molecule has 0 saturated heterocycles. The number of thiazole rings is 1. The third kappa shape index (κ3) is 3.39. The zero-order valence-electron chi connectivity index (χ0n) is 15.2. The van der Waals surface area contributed by atoms with Crippen molar-refractivity contribution in [1.82, 2.24) is 9.38 Å². The molecule has 6 heteroatoms. The van der Waals surface area contributed by atoms with E-state index in [4.69, 9.17) is 16.3 Å². The Morgan fingerprint density at radius 1 is 1.03 bits per heavy atom. The third-order valence-corrected chi connectivity index (χ3v) is 5.99. The number of fused-ring (bicyclic) bond motifs is 3. The van der Waals surface area contributed by atoms with E-state index in [2.05, 4.69) is 4.98 Å². The summed E-state index contributed by atoms with van der Waals surface area (Å²) in [5.41, 5.74) is 3.43. The minimum absolute atomic E-state index is 0.0545. The van der Waals surface area contributed by atoms with E-state index in [0.717, 1.165) is 27.9 Å². The molecule has 2 aromatic heterocycles. The molecule has 0 saturated carbocycles. The van der Waals surface area contributed by atoms with Gasteiger partial charge >= 0.3 is 0 Å². The standard InChI is InChI=1S/C23H15ClN2O2S/c24-18-9-2-1-7-16(18)14-28-17-8-5-6-15(12-17)13-21-22(27)26-20-11-4-3-10-19(20)25-23(26)29-21/h1-13H,14H2/b21-13-. The summed E-state index contributed by atoms with van der Waals surface area (Å²) in [5, 5.41) is 0.681. The minimum Gasteiger partial charge on any atom is -0.489 e. The fraction of sp³-hybridized carbons (Fsp3) is 0.0435. The summed E-state index contributed by atoms with van der Waals surface area (Å²) in [7, 11) is 0. The smallest absolute Gasteiger partial charge is 0.274 e. The molecule has 0 amide bonds. The molecule has 0 spiro atoms. The van der Waals surface area contributed by atoms with Gasteiger partial charge in [-0.25, -0.2) is 9.38 Å². The average Bonchev–Trinajstić information content (AvgIpc) is 3.24. The van der Waals surface area contributed by atoms with Crippen LogP contribution in [0.3, 0.4) is 0 Å². The maximum absolute atomic E-state index is 12.9. The summed E-state index contributed by atoms with van der Waals surface area (Å²) in [5.74, 6) is 0.720. The number of imidazole rings is 1. The van der Waals surface area contributed by atoms with Crippen LogP contribution < -0.4 is 14.8 Å². The Labute approximate surface area is 175 Å². The first-order valence-electron chi connectivity index (χ1n) is 9.07. The van der Waals surface area contributed by atoms with E-state index in [1.165, 1.54) is 11.3 Å². The number of nitrogens with zero attached hydrogens (tertiary/aromatic N) is 2. The SMILES string of the molecule is O=c1/c(=C/c2cccc(OCc3ccccc3Cl)c2)sc2nc3ccccc3n12. The van der Waals surface area contributed by atoms with Gasteiger partial charge in [0.2, 0.25) is 0 Å². The molecule has 0 aliphatic carbocycles. The molecule has 4 nitrogen and oxygen atoms in total. The zero-order chi connectivity index (χ0) is 19.8. The van der Waals surface area contributed by atoms with Crippen LogP contribution in [0.4, 0.5) is 0 Å². The molecule has 0 atom stereocenters. The lowest BCUT2D eigenvalue weighted by Crippen LogP contribution is -2.22. The first-order chi connectivity index (χ1) is 14.2. The van der Waals surface area contributed by atoms with Crippen molar-refractivity contribution in [1.29, 1.82) is 0 Å². The predicted molar refractivity (Wildman–Crippen MR) is 118 cm³/mol. The highest BCUT2D eigenvalue weighted by Crippen LogP contribution is 2.20. The number of ether oxygens (including phenoxy) is 1. The number of halogens is 1. The molecule has 3 aromatic carbocycles. The summed E-state index contributed by atoms with van der Waals surface area (Å²) in [6, 6.07) is 22.9. The highest BCUT2D eigenvalue weighted by molar-refractivity contribution is 7.15. The van der Waals surface area contributed by atoms with Crippen LogP contribution in [0.1, 0.15) is 11.1 Å². The largest absolute Gasteiger partial charge is 0.489 e. The molecule has 0 aliphatic rings. The van der Waals surface area contributed by atoms with Gasteiger partial charge in [-0.15, -0.1) is 0 Å². The number of hydrogen-bond donors (Lipinski definition) is 0. The molecule has 5 aromatic rings. The quantitative estimate of drug-likeness (QED) is 0.425. The lowest BCUT2D eigenvalue weighted by atomic mass is 10.2. The van der Waals surface area contributed by atoms with E-state index in [1.54, 1.807) is 4.40 Å². The van der Waals surface area contributed by atoms with E-state index in [1.807, 2.05) is 78.9 Å². The van der Waals surface area contributed by atoms with Crippen molar-refractivity contribution in [2.45, 2.75) is 6.61 Å². The van der Waals surface area contributed by atoms with Gasteiger partial charge in [-0.3, -0.25) is 4.79 Å². The van der Waals surface area contributed by atoms with E-state index >= 15 is 0 Å². The molecular weight excluding hydrogens is 404 g/mol. The van der Waals surface area contributed by atoms with Crippen molar-refractivity contribution in [2.24, 2.45) is 0 Å². The van der Waals surface area contributed by atoms with Crippen LogP contribution in [-0.4, -0.2) is 9.38 Å². The Hall–Kier alpha value is -3.15. The summed E-state index contributed by atoms with van der Waals surface area (Å²) in [4.78, 5) is 18.2. The minimum atomic E-state index is -0.0545. The Balaban J connectivity index is 1.48. The van der Waals surface area contributed by atoms with Crippen molar-refractivity contribution in [2.75, 3.05) is 0 Å². The van der Waals surface area contributed by atoms with Crippen LogP contribution in [0.5, 0.6) is 5.75 Å². The van der Waals surface area contributed by atoms with Crippen LogP contribution in [0.25, 0.3) is 22.1 Å². The summed E-state index contributed by atoms with van der Waals surface area (Å²) in [6.45, 7) is 0.384. The van der Waals surface area contributed by atoms with E-state index < -0.39 is 0 Å². The number of aromatic nitrogens is 2. The first-order valence-corrected chi connectivity index (χ1v) is 10.3. The maximum Gasteiger partial charge on any atom is 0.274 e. The van der Waals surface area contributed by atoms with Crippen molar-refractivity contribution in [3.63, 3.8) is 0 Å². The fourth-order valence-corrected chi connectivity index (χ4v) is 4.41. The molecule has 29 heavy (non-hydrogen) atoms. The van der Waals surface area contributed by atoms with Crippen molar-refractivity contribution < 1.29 is 4.74 Å².